The number of esters is 1. The molecule has 7 nitrogen and oxygen atoms in total. The van der Waals surface area contributed by atoms with Crippen LogP contribution in [-0.2, 0) is 28.4 Å². The summed E-state index contributed by atoms with van der Waals surface area (Å²) in [6, 6.07) is 8.83. The topological polar surface area (TPSA) is 72.5 Å². The molecule has 3 fully saturated rings. The largest absolute Gasteiger partial charge is 0.459 e. The Labute approximate surface area is 152 Å². The van der Waals surface area contributed by atoms with Crippen LogP contribution in [0.4, 0.5) is 0 Å². The van der Waals surface area contributed by atoms with E-state index in [4.69, 9.17) is 28.4 Å². The second-order valence-corrected chi connectivity index (χ2v) is 7.67. The van der Waals surface area contributed by atoms with Crippen molar-refractivity contribution in [3.63, 3.8) is 0 Å². The fraction of sp³-hybridized carbons (Fsp3) is 0.632. The highest BCUT2D eigenvalue weighted by molar-refractivity contribution is 5.89. The molecule has 0 aliphatic carbocycles. The Kier molecular flexibility index (Phi) is 4.32. The number of carbonyl (C=O) groups excluding carboxylic acids is 1. The Hall–Kier alpha value is -1.51. The number of hydrogen-bond acceptors (Lipinski definition) is 7. The molecule has 1 aromatic carbocycles. The van der Waals surface area contributed by atoms with Crippen molar-refractivity contribution in [2.45, 2.75) is 70.0 Å². The lowest BCUT2D eigenvalue weighted by atomic mass is 9.99. The lowest BCUT2D eigenvalue weighted by Gasteiger charge is -2.36. The minimum Gasteiger partial charge on any atom is -0.459 e. The molecule has 4 rings (SSSR count). The van der Waals surface area contributed by atoms with Gasteiger partial charge in [0.25, 0.3) is 0 Å². The maximum absolute atomic E-state index is 12.2. The summed E-state index contributed by atoms with van der Waals surface area (Å²) < 4.78 is 35.3. The van der Waals surface area contributed by atoms with E-state index in [-0.39, 0.29) is 12.7 Å². The molecule has 1 aromatic rings. The van der Waals surface area contributed by atoms with Crippen LogP contribution in [0, 0.1) is 0 Å². The molecule has 5 atom stereocenters. The van der Waals surface area contributed by atoms with Gasteiger partial charge in [0.15, 0.2) is 17.9 Å². The maximum atomic E-state index is 12.2. The quantitative estimate of drug-likeness (QED) is 0.762. The summed E-state index contributed by atoms with van der Waals surface area (Å²) in [6.07, 6.45) is -2.26. The van der Waals surface area contributed by atoms with Crippen molar-refractivity contribution in [2.24, 2.45) is 0 Å². The lowest BCUT2D eigenvalue weighted by molar-refractivity contribution is -0.240. The van der Waals surface area contributed by atoms with Crippen LogP contribution >= 0.6 is 0 Å². The zero-order valence-electron chi connectivity index (χ0n) is 15.3. The molecule has 0 saturated carbocycles. The van der Waals surface area contributed by atoms with Crippen molar-refractivity contribution in [3.05, 3.63) is 35.9 Å². The minimum atomic E-state index is -0.772. The van der Waals surface area contributed by atoms with Gasteiger partial charge in [-0.25, -0.2) is 4.79 Å². The number of hydrogen-bond donors (Lipinski definition) is 0. The third-order valence-electron chi connectivity index (χ3n) is 4.64. The third kappa shape index (κ3) is 3.37. The molecule has 3 saturated heterocycles. The highest BCUT2D eigenvalue weighted by Crippen LogP contribution is 2.44. The van der Waals surface area contributed by atoms with E-state index in [0.717, 1.165) is 0 Å². The number of carbonyl (C=O) groups is 1. The molecule has 0 spiro atoms. The van der Waals surface area contributed by atoms with Gasteiger partial charge >= 0.3 is 5.97 Å². The normalized spacial score (nSPS) is 37.0. The van der Waals surface area contributed by atoms with Gasteiger partial charge in [-0.2, -0.15) is 0 Å². The highest BCUT2D eigenvalue weighted by atomic mass is 16.9. The summed E-state index contributed by atoms with van der Waals surface area (Å²) in [7, 11) is 0. The van der Waals surface area contributed by atoms with E-state index in [2.05, 4.69) is 0 Å². The fourth-order valence-electron chi connectivity index (χ4n) is 3.64. The van der Waals surface area contributed by atoms with E-state index in [1.54, 1.807) is 24.3 Å². The summed E-state index contributed by atoms with van der Waals surface area (Å²) in [4.78, 5) is 12.2. The van der Waals surface area contributed by atoms with Gasteiger partial charge in [-0.05, 0) is 39.8 Å². The molecule has 0 bridgehead atoms. The molecule has 3 heterocycles. The molecule has 0 aromatic heterocycles. The second kappa shape index (κ2) is 6.28. The molecule has 0 amide bonds. The lowest BCUT2D eigenvalue weighted by Crippen LogP contribution is -2.56. The Bertz CT molecular complexity index is 672. The smallest absolute Gasteiger partial charge is 0.338 e. The van der Waals surface area contributed by atoms with Gasteiger partial charge in [0, 0.05) is 0 Å². The second-order valence-electron chi connectivity index (χ2n) is 7.67. The van der Waals surface area contributed by atoms with Gasteiger partial charge in [-0.15, -0.1) is 0 Å². The minimum absolute atomic E-state index is 0.0430. The summed E-state index contributed by atoms with van der Waals surface area (Å²) >= 11 is 0. The van der Waals surface area contributed by atoms with E-state index in [1.165, 1.54) is 0 Å². The van der Waals surface area contributed by atoms with Gasteiger partial charge in [0.1, 0.15) is 31.0 Å². The van der Waals surface area contributed by atoms with Crippen LogP contribution < -0.4 is 0 Å². The first-order chi connectivity index (χ1) is 12.2. The summed E-state index contributed by atoms with van der Waals surface area (Å²) in [5, 5.41) is 0. The summed E-state index contributed by atoms with van der Waals surface area (Å²) in [5.41, 5.74) is 0.489. The SMILES string of the molecule is CC1(C)O[C@@H]2[C@@H](O1)[C@@H](COC(=O)c1ccccc1)O[C@H]1OC(C)(C)O[C@@H]12. The zero-order chi connectivity index (χ0) is 18.5. The third-order valence-corrected chi connectivity index (χ3v) is 4.64. The van der Waals surface area contributed by atoms with E-state index >= 15 is 0 Å². The molecule has 0 radical (unpaired) electrons. The number of ether oxygens (including phenoxy) is 6. The van der Waals surface area contributed by atoms with Crippen LogP contribution in [-0.4, -0.2) is 54.9 Å². The van der Waals surface area contributed by atoms with Gasteiger partial charge in [0.05, 0.1) is 5.56 Å². The number of benzene rings is 1. The van der Waals surface area contributed by atoms with E-state index in [1.807, 2.05) is 33.8 Å². The van der Waals surface area contributed by atoms with Crippen LogP contribution in [0.15, 0.2) is 30.3 Å². The summed E-state index contributed by atoms with van der Waals surface area (Å²) in [5.74, 6) is -1.95. The van der Waals surface area contributed by atoms with Gasteiger partial charge in [0.2, 0.25) is 0 Å². The standard InChI is InChI=1S/C19H24O7/c1-18(2)23-13-12(10-21-16(20)11-8-6-5-7-9-11)22-17-15(14(13)24-18)25-19(3,4)26-17/h5-9,12-15,17H,10H2,1-4H3/t12-,13+,14-,15-,17+/m1/s1. The van der Waals surface area contributed by atoms with Gasteiger partial charge in [-0.1, -0.05) is 18.2 Å². The molecule has 0 unspecified atom stereocenters. The summed E-state index contributed by atoms with van der Waals surface area (Å²) in [6.45, 7) is 7.38. The number of fused-ring (bicyclic) bond motifs is 3. The predicted octanol–water partition coefficient (Wildman–Crippen LogP) is 2.24. The first-order valence-corrected chi connectivity index (χ1v) is 8.83. The van der Waals surface area contributed by atoms with E-state index < -0.39 is 42.1 Å². The van der Waals surface area contributed by atoms with Gasteiger partial charge < -0.3 is 28.4 Å². The van der Waals surface area contributed by atoms with Crippen molar-refractivity contribution in [1.82, 2.24) is 0 Å². The molecule has 3 aliphatic heterocycles. The van der Waals surface area contributed by atoms with Crippen molar-refractivity contribution >= 4 is 5.97 Å². The first-order valence-electron chi connectivity index (χ1n) is 8.83. The molecule has 0 N–H and O–H groups in total. The van der Waals surface area contributed by atoms with Crippen molar-refractivity contribution < 1.29 is 33.2 Å². The average molecular weight is 364 g/mol. The Morgan fingerprint density at radius 2 is 1.54 bits per heavy atom. The van der Waals surface area contributed by atoms with Crippen molar-refractivity contribution in [1.29, 1.82) is 0 Å². The molecule has 3 aliphatic rings. The zero-order valence-corrected chi connectivity index (χ0v) is 15.3. The maximum Gasteiger partial charge on any atom is 0.338 e. The van der Waals surface area contributed by atoms with Crippen LogP contribution in [0.25, 0.3) is 0 Å². The number of rotatable bonds is 3. The first kappa shape index (κ1) is 17.9. The van der Waals surface area contributed by atoms with Crippen LogP contribution in [0.1, 0.15) is 38.1 Å². The van der Waals surface area contributed by atoms with Crippen LogP contribution in [0.2, 0.25) is 0 Å². The molecule has 142 valence electrons. The van der Waals surface area contributed by atoms with Crippen LogP contribution in [0.5, 0.6) is 0 Å². The predicted molar refractivity (Wildman–Crippen MR) is 89.2 cm³/mol. The molecular weight excluding hydrogens is 340 g/mol. The Morgan fingerprint density at radius 1 is 0.923 bits per heavy atom. The monoisotopic (exact) mass is 364 g/mol. The molecule has 7 heteroatoms. The van der Waals surface area contributed by atoms with Gasteiger partial charge in [-0.3, -0.25) is 0 Å². The van der Waals surface area contributed by atoms with E-state index in [9.17, 15) is 4.79 Å². The van der Waals surface area contributed by atoms with Crippen LogP contribution in [0.3, 0.4) is 0 Å². The van der Waals surface area contributed by atoms with E-state index in [0.29, 0.717) is 5.56 Å². The Morgan fingerprint density at radius 3 is 2.27 bits per heavy atom. The van der Waals surface area contributed by atoms with Crippen molar-refractivity contribution in [2.75, 3.05) is 6.61 Å². The molecule has 26 heavy (non-hydrogen) atoms. The molecular formula is C19H24O7. The average Bonchev–Trinajstić information content (AvgIpc) is 3.07. The highest BCUT2D eigenvalue weighted by Gasteiger charge is 2.60. The van der Waals surface area contributed by atoms with Crippen molar-refractivity contribution in [3.8, 4) is 0 Å². The fourth-order valence-corrected chi connectivity index (χ4v) is 3.64. The Balaban J connectivity index is 1.48.